The van der Waals surface area contributed by atoms with Gasteiger partial charge < -0.3 is 29.2 Å². The molecule has 2 heterocycles. The van der Waals surface area contributed by atoms with Gasteiger partial charge in [-0.1, -0.05) is 17.8 Å². The molecule has 220 valence electrons. The lowest BCUT2D eigenvalue weighted by molar-refractivity contribution is -0.113. The molecule has 10 nitrogen and oxygen atoms in total. The number of carbonyl (C=O) groups is 1. The van der Waals surface area contributed by atoms with Gasteiger partial charge in [-0.3, -0.25) is 14.2 Å². The van der Waals surface area contributed by atoms with Crippen LogP contribution < -0.4 is 30.0 Å². The zero-order chi connectivity index (χ0) is 29.5. The summed E-state index contributed by atoms with van der Waals surface area (Å²) in [5.74, 6) is 1.86. The van der Waals surface area contributed by atoms with Crippen LogP contribution in [-0.2, 0) is 22.5 Å². The molecule has 1 aromatic heterocycles. The monoisotopic (exact) mass is 590 g/mol. The first-order valence-corrected chi connectivity index (χ1v) is 14.6. The van der Waals surface area contributed by atoms with Gasteiger partial charge in [0.05, 0.1) is 51.2 Å². The molecule has 11 heteroatoms. The second kappa shape index (κ2) is 13.6. The first kappa shape index (κ1) is 29.3. The number of carbonyl (C=O) groups excluding carboxylic acids is 1. The highest BCUT2D eigenvalue weighted by Gasteiger charge is 2.17. The van der Waals surface area contributed by atoms with Gasteiger partial charge in [0.15, 0.2) is 16.7 Å². The van der Waals surface area contributed by atoms with Gasteiger partial charge in [-0.15, -0.1) is 0 Å². The van der Waals surface area contributed by atoms with E-state index in [0.29, 0.717) is 65.2 Å². The van der Waals surface area contributed by atoms with E-state index in [-0.39, 0.29) is 17.2 Å². The summed E-state index contributed by atoms with van der Waals surface area (Å²) in [7, 11) is 4.78. The fourth-order valence-electron chi connectivity index (χ4n) is 4.79. The molecule has 1 N–H and O–H groups in total. The molecule has 3 aromatic carbocycles. The topological polar surface area (TPSA) is 104 Å². The van der Waals surface area contributed by atoms with Gasteiger partial charge >= 0.3 is 0 Å². The molecule has 0 atom stereocenters. The minimum absolute atomic E-state index is 0.0895. The fraction of sp³-hybridized carbons (Fsp3) is 0.323. The van der Waals surface area contributed by atoms with Crippen molar-refractivity contribution in [3.05, 3.63) is 76.6 Å². The number of ether oxygens (including phenoxy) is 4. The number of methoxy groups -OCH3 is 3. The summed E-state index contributed by atoms with van der Waals surface area (Å²) in [6, 6.07) is 18.6. The molecule has 1 aliphatic heterocycles. The summed E-state index contributed by atoms with van der Waals surface area (Å²) >= 11 is 1.24. The summed E-state index contributed by atoms with van der Waals surface area (Å²) in [5.41, 5.74) is 3.06. The number of hydrogen-bond donors (Lipinski definition) is 1. The van der Waals surface area contributed by atoms with E-state index >= 15 is 0 Å². The molecule has 0 unspecified atom stereocenters. The van der Waals surface area contributed by atoms with Crippen molar-refractivity contribution in [2.75, 3.05) is 63.6 Å². The minimum Gasteiger partial charge on any atom is -0.497 e. The Kier molecular flexibility index (Phi) is 9.50. The number of rotatable bonds is 11. The standard InChI is InChI=1S/C31H34N4O6S/c1-38-24-8-5-22(6-9-24)32-29(36)20-42-31-33-26-10-7-23(34-14-16-41-17-15-34)19-25(26)30(37)35(31)13-12-21-4-11-27(39-2)28(18-21)40-3/h4-11,18-19H,12-17,20H2,1-3H3,(H,32,36). The Bertz CT molecular complexity index is 1600. The number of aryl methyl sites for hydroxylation is 1. The maximum atomic E-state index is 13.9. The van der Waals surface area contributed by atoms with Gasteiger partial charge in [-0.05, 0) is 66.6 Å². The number of fused-ring (bicyclic) bond motifs is 1. The van der Waals surface area contributed by atoms with E-state index in [9.17, 15) is 9.59 Å². The van der Waals surface area contributed by atoms with E-state index in [2.05, 4.69) is 10.2 Å². The van der Waals surface area contributed by atoms with Crippen molar-refractivity contribution in [3.63, 3.8) is 0 Å². The van der Waals surface area contributed by atoms with Crippen molar-refractivity contribution < 1.29 is 23.7 Å². The van der Waals surface area contributed by atoms with Gasteiger partial charge in [-0.2, -0.15) is 0 Å². The quantitative estimate of drug-likeness (QED) is 0.203. The smallest absolute Gasteiger partial charge is 0.262 e. The third-order valence-electron chi connectivity index (χ3n) is 7.06. The first-order chi connectivity index (χ1) is 20.5. The lowest BCUT2D eigenvalue weighted by Crippen LogP contribution is -2.36. The van der Waals surface area contributed by atoms with Crippen molar-refractivity contribution >= 4 is 39.9 Å². The molecule has 42 heavy (non-hydrogen) atoms. The highest BCUT2D eigenvalue weighted by Crippen LogP contribution is 2.28. The van der Waals surface area contributed by atoms with Crippen LogP contribution in [-0.4, -0.2) is 68.8 Å². The molecule has 1 saturated heterocycles. The number of anilines is 2. The number of nitrogens with one attached hydrogen (secondary N) is 1. The van der Waals surface area contributed by atoms with Gasteiger partial charge in [0, 0.05) is 31.0 Å². The molecule has 5 rings (SSSR count). The molecule has 1 fully saturated rings. The van der Waals surface area contributed by atoms with Gasteiger partial charge in [0.2, 0.25) is 5.91 Å². The van der Waals surface area contributed by atoms with E-state index in [1.165, 1.54) is 11.8 Å². The molecule has 1 amide bonds. The van der Waals surface area contributed by atoms with E-state index < -0.39 is 0 Å². The van der Waals surface area contributed by atoms with Crippen LogP contribution in [0.4, 0.5) is 11.4 Å². The Labute approximate surface area is 248 Å². The largest absolute Gasteiger partial charge is 0.497 e. The normalized spacial score (nSPS) is 13.2. The SMILES string of the molecule is COc1ccc(NC(=O)CSc2nc3ccc(N4CCOCC4)cc3c(=O)n2CCc2ccc(OC)c(OC)c2)cc1. The number of morpholine rings is 1. The van der Waals surface area contributed by atoms with Crippen LogP contribution in [0.15, 0.2) is 70.6 Å². The summed E-state index contributed by atoms with van der Waals surface area (Å²) in [6.07, 6.45) is 0.558. The van der Waals surface area contributed by atoms with Crippen LogP contribution in [0.2, 0.25) is 0 Å². The lowest BCUT2D eigenvalue weighted by Gasteiger charge is -2.29. The second-order valence-electron chi connectivity index (χ2n) is 9.66. The number of hydrogen-bond acceptors (Lipinski definition) is 9. The van der Waals surface area contributed by atoms with Gasteiger partial charge in [-0.25, -0.2) is 4.98 Å². The second-order valence-corrected chi connectivity index (χ2v) is 10.6. The summed E-state index contributed by atoms with van der Waals surface area (Å²) < 4.78 is 23.1. The molecule has 0 bridgehead atoms. The fourth-order valence-corrected chi connectivity index (χ4v) is 5.62. The predicted octanol–water partition coefficient (Wildman–Crippen LogP) is 4.23. The number of amides is 1. The predicted molar refractivity (Wildman–Crippen MR) is 165 cm³/mol. The molecular weight excluding hydrogens is 556 g/mol. The van der Waals surface area contributed by atoms with Gasteiger partial charge in [0.1, 0.15) is 5.75 Å². The molecule has 0 saturated carbocycles. The third kappa shape index (κ3) is 6.80. The van der Waals surface area contributed by atoms with Crippen molar-refractivity contribution in [1.29, 1.82) is 0 Å². The van der Waals surface area contributed by atoms with E-state index in [0.717, 1.165) is 24.3 Å². The summed E-state index contributed by atoms with van der Waals surface area (Å²) in [5, 5.41) is 3.91. The average molecular weight is 591 g/mol. The zero-order valence-electron chi connectivity index (χ0n) is 23.9. The van der Waals surface area contributed by atoms with Gasteiger partial charge in [0.25, 0.3) is 5.56 Å². The Hall–Kier alpha value is -4.22. The molecule has 4 aromatic rings. The van der Waals surface area contributed by atoms with Crippen LogP contribution in [0.25, 0.3) is 10.9 Å². The Morgan fingerprint density at radius 2 is 1.71 bits per heavy atom. The summed E-state index contributed by atoms with van der Waals surface area (Å²) in [4.78, 5) is 33.8. The Balaban J connectivity index is 1.42. The van der Waals surface area contributed by atoms with Crippen LogP contribution in [0, 0.1) is 0 Å². The van der Waals surface area contributed by atoms with Crippen molar-refractivity contribution in [3.8, 4) is 17.2 Å². The van der Waals surface area contributed by atoms with E-state index in [1.54, 1.807) is 50.2 Å². The van der Waals surface area contributed by atoms with E-state index in [1.807, 2.05) is 36.4 Å². The highest BCUT2D eigenvalue weighted by molar-refractivity contribution is 7.99. The molecule has 0 aliphatic carbocycles. The number of benzene rings is 3. The number of nitrogens with zero attached hydrogens (tertiary/aromatic N) is 3. The summed E-state index contributed by atoms with van der Waals surface area (Å²) in [6.45, 7) is 3.22. The third-order valence-corrected chi connectivity index (χ3v) is 8.03. The minimum atomic E-state index is -0.200. The van der Waals surface area contributed by atoms with E-state index in [4.69, 9.17) is 23.9 Å². The highest BCUT2D eigenvalue weighted by atomic mass is 32.2. The van der Waals surface area contributed by atoms with Crippen LogP contribution >= 0.6 is 11.8 Å². The Morgan fingerprint density at radius 3 is 2.43 bits per heavy atom. The molecule has 0 spiro atoms. The molecule has 0 radical (unpaired) electrons. The Morgan fingerprint density at radius 1 is 0.952 bits per heavy atom. The van der Waals surface area contributed by atoms with Crippen molar-refractivity contribution in [2.24, 2.45) is 0 Å². The van der Waals surface area contributed by atoms with Crippen LogP contribution in [0.1, 0.15) is 5.56 Å². The maximum Gasteiger partial charge on any atom is 0.262 e. The molecule has 1 aliphatic rings. The first-order valence-electron chi connectivity index (χ1n) is 13.6. The zero-order valence-corrected chi connectivity index (χ0v) is 24.7. The number of thioether (sulfide) groups is 1. The van der Waals surface area contributed by atoms with Crippen molar-refractivity contribution in [1.82, 2.24) is 9.55 Å². The maximum absolute atomic E-state index is 13.9. The number of aromatic nitrogens is 2. The lowest BCUT2D eigenvalue weighted by atomic mass is 10.1. The van der Waals surface area contributed by atoms with Crippen molar-refractivity contribution in [2.45, 2.75) is 18.1 Å². The average Bonchev–Trinajstić information content (AvgIpc) is 3.04. The molecular formula is C31H34N4O6S. The van der Waals surface area contributed by atoms with Crippen LogP contribution in [0.5, 0.6) is 17.2 Å². The van der Waals surface area contributed by atoms with Crippen LogP contribution in [0.3, 0.4) is 0 Å².